The van der Waals surface area contributed by atoms with Crippen LogP contribution in [0.3, 0.4) is 0 Å². The molecule has 0 amide bonds. The first-order valence-corrected chi connectivity index (χ1v) is 17.1. The molecule has 1 aliphatic heterocycles. The molecule has 11 rings (SSSR count). The Labute approximate surface area is 266 Å². The fourth-order valence-corrected chi connectivity index (χ4v) is 11.5. The summed E-state index contributed by atoms with van der Waals surface area (Å²) in [6.45, 7) is 5.14. The van der Waals surface area contributed by atoms with Crippen LogP contribution in [0.1, 0.15) is 49.7 Å². The van der Waals surface area contributed by atoms with Crippen LogP contribution < -0.4 is 15.8 Å². The smallest absolute Gasteiger partial charge is 0.221 e. The Bertz CT molecular complexity index is 2020. The van der Waals surface area contributed by atoms with E-state index >= 15 is 0 Å². The maximum absolute atomic E-state index is 2.86. The Hall–Kier alpha value is -4.24. The van der Waals surface area contributed by atoms with Gasteiger partial charge in [0.1, 0.15) is 0 Å². The van der Waals surface area contributed by atoms with E-state index in [1.165, 1.54) is 88.5 Å². The first-order valence-electron chi connectivity index (χ1n) is 17.1. The lowest BCUT2D eigenvalue weighted by atomic mass is 9.18. The van der Waals surface area contributed by atoms with Crippen molar-refractivity contribution in [1.29, 1.82) is 0 Å². The number of fused-ring (bicyclic) bond motifs is 5. The molecule has 0 N–H and O–H groups in total. The van der Waals surface area contributed by atoms with Gasteiger partial charge < -0.3 is 9.47 Å². The third kappa shape index (κ3) is 3.47. The van der Waals surface area contributed by atoms with Crippen LogP contribution in [0.2, 0.25) is 5.31 Å². The number of aromatic nitrogens is 1. The molecule has 5 aliphatic rings. The van der Waals surface area contributed by atoms with Gasteiger partial charge in [-0.1, -0.05) is 103 Å². The molecule has 2 atom stereocenters. The average molecular weight is 583 g/mol. The molecule has 4 fully saturated rings. The Kier molecular flexibility index (Phi) is 5.30. The fraction of sp³-hybridized carbons (Fsp3) is 0.286. The Morgan fingerprint density at radius 1 is 0.578 bits per heavy atom. The van der Waals surface area contributed by atoms with Gasteiger partial charge in [0.15, 0.2) is 0 Å². The van der Waals surface area contributed by atoms with E-state index in [0.717, 1.165) is 11.8 Å². The summed E-state index contributed by atoms with van der Waals surface area (Å²) in [5, 5.41) is 3.05. The van der Waals surface area contributed by atoms with Crippen LogP contribution in [-0.4, -0.2) is 11.3 Å². The van der Waals surface area contributed by atoms with Gasteiger partial charge in [-0.2, -0.15) is 0 Å². The summed E-state index contributed by atoms with van der Waals surface area (Å²) in [4.78, 5) is 2.56. The molecule has 4 saturated carbocycles. The maximum atomic E-state index is 2.86. The Morgan fingerprint density at radius 2 is 1.11 bits per heavy atom. The summed E-state index contributed by atoms with van der Waals surface area (Å²) >= 11 is 0. The third-order valence-corrected chi connectivity index (χ3v) is 12.4. The second-order valence-corrected chi connectivity index (χ2v) is 15.0. The summed E-state index contributed by atoms with van der Waals surface area (Å²) in [6, 6.07) is 43.6. The first-order chi connectivity index (χ1) is 22.1. The van der Waals surface area contributed by atoms with Crippen molar-refractivity contribution in [1.82, 2.24) is 4.57 Å². The second-order valence-electron chi connectivity index (χ2n) is 15.0. The van der Waals surface area contributed by atoms with Crippen LogP contribution in [0.15, 0.2) is 115 Å². The van der Waals surface area contributed by atoms with Crippen LogP contribution in [0.4, 0.5) is 17.1 Å². The van der Waals surface area contributed by atoms with Crippen molar-refractivity contribution >= 4 is 56.5 Å². The van der Waals surface area contributed by atoms with Crippen molar-refractivity contribution in [3.05, 3.63) is 126 Å². The molecule has 2 unspecified atom stereocenters. The molecule has 0 radical (unpaired) electrons. The van der Waals surface area contributed by atoms with Crippen LogP contribution in [0.25, 0.3) is 21.8 Å². The zero-order valence-electron chi connectivity index (χ0n) is 26.3. The molecule has 2 nitrogen and oxygen atoms in total. The maximum Gasteiger partial charge on any atom is 0.221 e. The largest absolute Gasteiger partial charge is 0.334 e. The van der Waals surface area contributed by atoms with Crippen molar-refractivity contribution in [2.45, 2.75) is 63.2 Å². The van der Waals surface area contributed by atoms with E-state index in [1.54, 1.807) is 10.9 Å². The lowest BCUT2D eigenvalue weighted by Crippen LogP contribution is -2.66. The van der Waals surface area contributed by atoms with E-state index in [2.05, 4.69) is 139 Å². The number of nitrogens with zero attached hydrogens (tertiary/aromatic N) is 2. The number of benzene rings is 5. The van der Waals surface area contributed by atoms with Gasteiger partial charge in [0.05, 0.1) is 0 Å². The normalized spacial score (nSPS) is 26.4. The second kappa shape index (κ2) is 9.16. The van der Waals surface area contributed by atoms with Crippen molar-refractivity contribution < 1.29 is 0 Å². The summed E-state index contributed by atoms with van der Waals surface area (Å²) in [5.41, 5.74) is 13.0. The number of aryl methyl sites for hydroxylation is 2. The van der Waals surface area contributed by atoms with Crippen LogP contribution >= 0.6 is 0 Å². The van der Waals surface area contributed by atoms with Gasteiger partial charge in [0, 0.05) is 44.4 Å². The average Bonchev–Trinajstić information content (AvgIpc) is 3.39. The minimum Gasteiger partial charge on any atom is -0.334 e. The monoisotopic (exact) mass is 582 g/mol. The number of para-hydroxylation sites is 3. The minimum absolute atomic E-state index is 0.148. The van der Waals surface area contributed by atoms with Crippen molar-refractivity contribution in [3.63, 3.8) is 0 Å². The first kappa shape index (κ1) is 26.0. The number of rotatable bonds is 3. The highest BCUT2D eigenvalue weighted by Crippen LogP contribution is 2.70. The number of anilines is 3. The van der Waals surface area contributed by atoms with E-state index in [9.17, 15) is 0 Å². The fourth-order valence-electron chi connectivity index (χ4n) is 11.5. The molecule has 5 aromatic carbocycles. The predicted molar refractivity (Wildman–Crippen MR) is 190 cm³/mol. The van der Waals surface area contributed by atoms with Crippen LogP contribution in [0.5, 0.6) is 0 Å². The highest BCUT2D eigenvalue weighted by atomic mass is 15.2. The zero-order chi connectivity index (χ0) is 29.9. The van der Waals surface area contributed by atoms with Crippen molar-refractivity contribution in [2.24, 2.45) is 11.8 Å². The van der Waals surface area contributed by atoms with Crippen molar-refractivity contribution in [2.75, 3.05) is 4.90 Å². The highest BCUT2D eigenvalue weighted by Gasteiger charge is 2.63. The van der Waals surface area contributed by atoms with Crippen LogP contribution in [0, 0.1) is 25.7 Å². The third-order valence-electron chi connectivity index (χ3n) is 12.4. The summed E-state index contributed by atoms with van der Waals surface area (Å²) in [6.07, 6.45) is 7.99. The molecular weight excluding hydrogens is 543 g/mol. The molecule has 220 valence electrons. The van der Waals surface area contributed by atoms with Gasteiger partial charge in [-0.3, -0.25) is 0 Å². The molecule has 4 bridgehead atoms. The molecule has 2 heterocycles. The quantitative estimate of drug-likeness (QED) is 0.189. The minimum atomic E-state index is 0.148. The van der Waals surface area contributed by atoms with Gasteiger partial charge in [-0.05, 0) is 104 Å². The van der Waals surface area contributed by atoms with E-state index < -0.39 is 0 Å². The van der Waals surface area contributed by atoms with E-state index in [4.69, 9.17) is 0 Å². The highest BCUT2D eigenvalue weighted by molar-refractivity contribution is 6.91. The molecule has 0 spiro atoms. The molecule has 3 heteroatoms. The van der Waals surface area contributed by atoms with Gasteiger partial charge in [0.25, 0.3) is 0 Å². The summed E-state index contributed by atoms with van der Waals surface area (Å²) < 4.78 is 2.86. The van der Waals surface area contributed by atoms with Gasteiger partial charge in [-0.15, -0.1) is 0 Å². The predicted octanol–water partition coefficient (Wildman–Crippen LogP) is 9.55. The molecular formula is C42H39BN2. The van der Waals surface area contributed by atoms with E-state index in [-0.39, 0.29) is 10.9 Å². The van der Waals surface area contributed by atoms with E-state index in [0.29, 0.717) is 6.71 Å². The molecule has 6 aromatic rings. The van der Waals surface area contributed by atoms with E-state index in [1.807, 2.05) is 0 Å². The Balaban J connectivity index is 1.23. The van der Waals surface area contributed by atoms with Crippen LogP contribution in [-0.2, 0) is 5.54 Å². The molecule has 1 aromatic heterocycles. The van der Waals surface area contributed by atoms with Gasteiger partial charge in [0.2, 0.25) is 6.71 Å². The number of hydrogen-bond acceptors (Lipinski definition) is 1. The summed E-state index contributed by atoms with van der Waals surface area (Å²) in [7, 11) is 0. The Morgan fingerprint density at radius 3 is 1.69 bits per heavy atom. The molecule has 4 aliphatic carbocycles. The van der Waals surface area contributed by atoms with Gasteiger partial charge >= 0.3 is 0 Å². The van der Waals surface area contributed by atoms with Crippen molar-refractivity contribution in [3.8, 4) is 0 Å². The molecule has 0 saturated heterocycles. The standard InChI is InChI=1S/C42H39BN2/c1-28-12-10-20-37-39(28)43(40-29(2)13-11-21-38(40)44(37)32-14-4-3-5-15-32)41-23-30-22-31(24-41)26-42(25-30,27-41)45-35-18-8-6-16-33(35)34-17-7-9-19-36(34)45/h3-21,30-31H,22-27H2,1-2H3. The lowest BCUT2D eigenvalue weighted by Gasteiger charge is -2.65. The summed E-state index contributed by atoms with van der Waals surface area (Å²) in [5.74, 6) is 1.55. The zero-order valence-corrected chi connectivity index (χ0v) is 26.3. The topological polar surface area (TPSA) is 8.17 Å². The van der Waals surface area contributed by atoms with Gasteiger partial charge in [-0.25, -0.2) is 0 Å². The SMILES string of the molecule is Cc1cccc2c1B(C13CC4CC(C1)CC(n1c5ccccc5c5ccccc51)(C4)C3)c1c(C)cccc1N2c1ccccc1. The molecule has 45 heavy (non-hydrogen) atoms. The number of hydrogen-bond donors (Lipinski definition) is 0. The lowest BCUT2D eigenvalue weighted by molar-refractivity contribution is -0.0315.